The molecule has 2 aliphatic rings. The first kappa shape index (κ1) is 14.3. The maximum atomic E-state index is 9.23. The maximum absolute atomic E-state index is 9.23. The van der Waals surface area contributed by atoms with E-state index in [1.807, 2.05) is 0 Å². The summed E-state index contributed by atoms with van der Waals surface area (Å²) >= 11 is 0. The first-order valence-corrected chi connectivity index (χ1v) is 7.42. The van der Waals surface area contributed by atoms with Crippen LogP contribution >= 0.6 is 0 Å². The molecule has 4 unspecified atom stereocenters. The zero-order chi connectivity index (χ0) is 13.0. The standard InChI is InChI=1S/C14H28N2O2/c1-11(7-13-5-3-4-6-15-13)16-8-14(9-17)18-10-12(16)2/h11-15,17H,3-10H2,1-2H3. The SMILES string of the molecule is CC1COC(CO)CN1C(C)CC1CCCCN1. The van der Waals surface area contributed by atoms with Crippen LogP contribution in [0.5, 0.6) is 0 Å². The zero-order valence-electron chi connectivity index (χ0n) is 11.8. The van der Waals surface area contributed by atoms with E-state index >= 15 is 0 Å². The number of aliphatic hydroxyl groups is 1. The van der Waals surface area contributed by atoms with Crippen molar-refractivity contribution in [3.63, 3.8) is 0 Å². The minimum absolute atomic E-state index is 0.00275. The Morgan fingerprint density at radius 1 is 1.44 bits per heavy atom. The molecule has 0 aromatic heterocycles. The Balaban J connectivity index is 1.83. The summed E-state index contributed by atoms with van der Waals surface area (Å²) < 4.78 is 5.60. The lowest BCUT2D eigenvalue weighted by atomic mass is 9.97. The molecule has 4 atom stereocenters. The Labute approximate surface area is 111 Å². The van der Waals surface area contributed by atoms with Gasteiger partial charge in [0.1, 0.15) is 0 Å². The molecule has 0 bridgehead atoms. The van der Waals surface area contributed by atoms with Crippen molar-refractivity contribution in [2.45, 2.75) is 63.8 Å². The molecule has 0 amide bonds. The number of piperidine rings is 1. The van der Waals surface area contributed by atoms with E-state index in [0.717, 1.165) is 13.2 Å². The van der Waals surface area contributed by atoms with Gasteiger partial charge in [-0.25, -0.2) is 0 Å². The van der Waals surface area contributed by atoms with Gasteiger partial charge in [0, 0.05) is 24.7 Å². The molecule has 0 spiro atoms. The first-order valence-electron chi connectivity index (χ1n) is 7.42. The summed E-state index contributed by atoms with van der Waals surface area (Å²) in [5, 5.41) is 12.9. The second-order valence-electron chi connectivity index (χ2n) is 5.92. The largest absolute Gasteiger partial charge is 0.394 e. The van der Waals surface area contributed by atoms with Crippen LogP contribution in [0.3, 0.4) is 0 Å². The molecule has 0 aliphatic carbocycles. The van der Waals surface area contributed by atoms with E-state index in [1.54, 1.807) is 0 Å². The smallest absolute Gasteiger partial charge is 0.0933 e. The lowest BCUT2D eigenvalue weighted by Gasteiger charge is -2.42. The van der Waals surface area contributed by atoms with E-state index in [4.69, 9.17) is 4.74 Å². The third-order valence-corrected chi connectivity index (χ3v) is 4.36. The number of ether oxygens (including phenoxy) is 1. The van der Waals surface area contributed by atoms with Gasteiger partial charge in [-0.05, 0) is 39.7 Å². The fourth-order valence-corrected chi connectivity index (χ4v) is 3.24. The molecular formula is C14H28N2O2. The van der Waals surface area contributed by atoms with E-state index in [2.05, 4.69) is 24.1 Å². The predicted molar refractivity (Wildman–Crippen MR) is 72.7 cm³/mol. The first-order chi connectivity index (χ1) is 8.70. The van der Waals surface area contributed by atoms with Crippen molar-refractivity contribution in [3.8, 4) is 0 Å². The van der Waals surface area contributed by atoms with E-state index in [1.165, 1.54) is 32.2 Å². The molecule has 2 rings (SSSR count). The maximum Gasteiger partial charge on any atom is 0.0933 e. The molecule has 18 heavy (non-hydrogen) atoms. The minimum Gasteiger partial charge on any atom is -0.394 e. The third-order valence-electron chi connectivity index (χ3n) is 4.36. The van der Waals surface area contributed by atoms with Crippen LogP contribution in [0.2, 0.25) is 0 Å². The summed E-state index contributed by atoms with van der Waals surface area (Å²) in [5.74, 6) is 0. The summed E-state index contributed by atoms with van der Waals surface area (Å²) in [5.41, 5.74) is 0. The molecule has 2 heterocycles. The summed E-state index contributed by atoms with van der Waals surface area (Å²) in [6.07, 6.45) is 5.21. The number of nitrogens with zero attached hydrogens (tertiary/aromatic N) is 1. The molecule has 2 saturated heterocycles. The molecule has 4 nitrogen and oxygen atoms in total. The zero-order valence-corrected chi connectivity index (χ0v) is 11.8. The third kappa shape index (κ3) is 3.67. The number of hydrogen-bond donors (Lipinski definition) is 2. The van der Waals surface area contributed by atoms with Crippen LogP contribution in [0.4, 0.5) is 0 Å². The number of rotatable bonds is 4. The van der Waals surface area contributed by atoms with Gasteiger partial charge in [-0.1, -0.05) is 6.42 Å². The van der Waals surface area contributed by atoms with Crippen molar-refractivity contribution < 1.29 is 9.84 Å². The summed E-state index contributed by atoms with van der Waals surface area (Å²) in [4.78, 5) is 2.50. The second kappa shape index (κ2) is 6.85. The van der Waals surface area contributed by atoms with Crippen LogP contribution in [-0.2, 0) is 4.74 Å². The van der Waals surface area contributed by atoms with Crippen LogP contribution < -0.4 is 5.32 Å². The summed E-state index contributed by atoms with van der Waals surface area (Å²) in [6.45, 7) is 7.46. The average molecular weight is 256 g/mol. The highest BCUT2D eigenvalue weighted by Gasteiger charge is 2.30. The van der Waals surface area contributed by atoms with Gasteiger partial charge in [0.05, 0.1) is 19.3 Å². The molecule has 0 radical (unpaired) electrons. The van der Waals surface area contributed by atoms with Crippen molar-refractivity contribution >= 4 is 0 Å². The van der Waals surface area contributed by atoms with Crippen molar-refractivity contribution in [1.82, 2.24) is 10.2 Å². The van der Waals surface area contributed by atoms with Crippen LogP contribution in [0, 0.1) is 0 Å². The molecule has 106 valence electrons. The Morgan fingerprint density at radius 2 is 2.28 bits per heavy atom. The van der Waals surface area contributed by atoms with E-state index in [0.29, 0.717) is 18.1 Å². The van der Waals surface area contributed by atoms with Crippen molar-refractivity contribution in [1.29, 1.82) is 0 Å². The fourth-order valence-electron chi connectivity index (χ4n) is 3.24. The molecule has 2 aliphatic heterocycles. The Hall–Kier alpha value is -0.160. The van der Waals surface area contributed by atoms with Crippen LogP contribution in [0.25, 0.3) is 0 Å². The molecule has 0 aromatic carbocycles. The van der Waals surface area contributed by atoms with Gasteiger partial charge in [-0.3, -0.25) is 4.90 Å². The summed E-state index contributed by atoms with van der Waals surface area (Å²) in [7, 11) is 0. The minimum atomic E-state index is 0.00275. The second-order valence-corrected chi connectivity index (χ2v) is 5.92. The Bertz CT molecular complexity index is 244. The van der Waals surface area contributed by atoms with Gasteiger partial charge >= 0.3 is 0 Å². The van der Waals surface area contributed by atoms with Crippen molar-refractivity contribution in [2.24, 2.45) is 0 Å². The van der Waals surface area contributed by atoms with Gasteiger partial charge in [0.2, 0.25) is 0 Å². The lowest BCUT2D eigenvalue weighted by molar-refractivity contribution is -0.0907. The normalized spacial score (nSPS) is 36.5. The summed E-state index contributed by atoms with van der Waals surface area (Å²) in [6, 6.07) is 1.70. The molecule has 0 aromatic rings. The van der Waals surface area contributed by atoms with Gasteiger partial charge in [0.25, 0.3) is 0 Å². The number of nitrogens with one attached hydrogen (secondary N) is 1. The van der Waals surface area contributed by atoms with Crippen molar-refractivity contribution in [2.75, 3.05) is 26.3 Å². The van der Waals surface area contributed by atoms with Crippen molar-refractivity contribution in [3.05, 3.63) is 0 Å². The molecule has 0 saturated carbocycles. The quantitative estimate of drug-likeness (QED) is 0.787. The topological polar surface area (TPSA) is 44.7 Å². The fraction of sp³-hybridized carbons (Fsp3) is 1.00. The molecule has 2 N–H and O–H groups in total. The highest BCUT2D eigenvalue weighted by atomic mass is 16.5. The van der Waals surface area contributed by atoms with Crippen LogP contribution in [0.1, 0.15) is 39.5 Å². The van der Waals surface area contributed by atoms with E-state index in [-0.39, 0.29) is 12.7 Å². The van der Waals surface area contributed by atoms with Crippen LogP contribution in [-0.4, -0.2) is 60.5 Å². The molecular weight excluding hydrogens is 228 g/mol. The Kier molecular flexibility index (Phi) is 5.42. The van der Waals surface area contributed by atoms with E-state index < -0.39 is 0 Å². The number of hydrogen-bond acceptors (Lipinski definition) is 4. The Morgan fingerprint density at radius 3 is 2.94 bits per heavy atom. The van der Waals surface area contributed by atoms with Crippen LogP contribution in [0.15, 0.2) is 0 Å². The monoisotopic (exact) mass is 256 g/mol. The van der Waals surface area contributed by atoms with Gasteiger partial charge in [0.15, 0.2) is 0 Å². The van der Waals surface area contributed by atoms with Gasteiger partial charge in [-0.2, -0.15) is 0 Å². The highest BCUT2D eigenvalue weighted by molar-refractivity contribution is 4.84. The van der Waals surface area contributed by atoms with E-state index in [9.17, 15) is 5.11 Å². The van der Waals surface area contributed by atoms with Gasteiger partial charge < -0.3 is 15.2 Å². The highest BCUT2D eigenvalue weighted by Crippen LogP contribution is 2.20. The predicted octanol–water partition coefficient (Wildman–Crippen LogP) is 0.989. The lowest BCUT2D eigenvalue weighted by Crippen LogP contribution is -2.54. The number of aliphatic hydroxyl groups excluding tert-OH is 1. The van der Waals surface area contributed by atoms with Gasteiger partial charge in [-0.15, -0.1) is 0 Å². The molecule has 2 fully saturated rings. The number of morpholine rings is 1. The molecule has 4 heteroatoms. The average Bonchev–Trinajstić information content (AvgIpc) is 2.40.